The molecule has 1 unspecified atom stereocenters. The van der Waals surface area contributed by atoms with E-state index in [1.165, 1.54) is 21.6 Å². The lowest BCUT2D eigenvalue weighted by Crippen LogP contribution is -2.13. The van der Waals surface area contributed by atoms with E-state index in [9.17, 15) is 0 Å². The Balaban J connectivity index is 0.00000128. The van der Waals surface area contributed by atoms with E-state index in [1.807, 2.05) is 11.3 Å². The molecule has 0 aromatic carbocycles. The maximum absolute atomic E-state index is 4.53. The van der Waals surface area contributed by atoms with Crippen LogP contribution < -0.4 is 5.32 Å². The maximum atomic E-state index is 4.53. The van der Waals surface area contributed by atoms with Crippen LogP contribution in [0.4, 0.5) is 0 Å². The van der Waals surface area contributed by atoms with Gasteiger partial charge < -0.3 is 5.32 Å². The highest BCUT2D eigenvalue weighted by Gasteiger charge is 2.20. The lowest BCUT2D eigenvalue weighted by atomic mass is 10.0. The van der Waals surface area contributed by atoms with Gasteiger partial charge in [-0.2, -0.15) is 0 Å². The van der Waals surface area contributed by atoms with Gasteiger partial charge in [-0.25, -0.2) is 0 Å². The van der Waals surface area contributed by atoms with E-state index < -0.39 is 0 Å². The summed E-state index contributed by atoms with van der Waals surface area (Å²) in [5, 5.41) is 5.28. The molecule has 88 valence electrons. The monoisotopic (exact) mass is 256 g/mol. The van der Waals surface area contributed by atoms with Crippen LogP contribution in [0.5, 0.6) is 0 Å². The normalized spacial score (nSPS) is 18.7. The fourth-order valence-electron chi connectivity index (χ4n) is 1.76. The molecule has 1 aliphatic rings. The van der Waals surface area contributed by atoms with Crippen LogP contribution in [-0.2, 0) is 0 Å². The van der Waals surface area contributed by atoms with Crippen LogP contribution in [0.25, 0.3) is 0 Å². The van der Waals surface area contributed by atoms with Crippen LogP contribution in [0.2, 0.25) is 0 Å². The van der Waals surface area contributed by atoms with E-state index in [4.69, 9.17) is 0 Å². The van der Waals surface area contributed by atoms with Crippen LogP contribution in [0, 0.1) is 13.8 Å². The van der Waals surface area contributed by atoms with E-state index in [-0.39, 0.29) is 18.4 Å². The molecule has 0 amide bonds. The van der Waals surface area contributed by atoms with Crippen molar-refractivity contribution < 1.29 is 0 Å². The van der Waals surface area contributed by atoms with Crippen molar-refractivity contribution in [3.05, 3.63) is 33.2 Å². The molecular formula is C12H17ClN2S. The Hall–Kier alpha value is -0.800. The van der Waals surface area contributed by atoms with E-state index >= 15 is 0 Å². The van der Waals surface area contributed by atoms with Crippen molar-refractivity contribution in [3.63, 3.8) is 0 Å². The first-order valence-corrected chi connectivity index (χ1v) is 6.13. The van der Waals surface area contributed by atoms with Gasteiger partial charge >= 0.3 is 0 Å². The number of aliphatic imine (C=N–C) groups is 1. The molecule has 2 rings (SSSR count). The zero-order valence-corrected chi connectivity index (χ0v) is 11.4. The third-order valence-electron chi connectivity index (χ3n) is 2.90. The minimum absolute atomic E-state index is 0. The van der Waals surface area contributed by atoms with E-state index in [1.54, 1.807) is 6.34 Å². The highest BCUT2D eigenvalue weighted by Crippen LogP contribution is 2.36. The molecule has 1 aliphatic heterocycles. The second-order valence-electron chi connectivity index (χ2n) is 3.83. The Labute approximate surface area is 107 Å². The lowest BCUT2D eigenvalue weighted by molar-refractivity contribution is 0.785. The minimum Gasteiger partial charge on any atom is -0.353 e. The van der Waals surface area contributed by atoms with Gasteiger partial charge in [0.25, 0.3) is 0 Å². The first kappa shape index (κ1) is 13.3. The molecule has 1 N–H and O–H groups in total. The molecule has 1 aromatic rings. The van der Waals surface area contributed by atoms with Gasteiger partial charge in [0.2, 0.25) is 0 Å². The van der Waals surface area contributed by atoms with E-state index in [2.05, 4.69) is 42.7 Å². The smallest absolute Gasteiger partial charge is 0.109 e. The molecule has 0 spiro atoms. The zero-order valence-electron chi connectivity index (χ0n) is 9.78. The van der Waals surface area contributed by atoms with Gasteiger partial charge in [0.15, 0.2) is 0 Å². The summed E-state index contributed by atoms with van der Waals surface area (Å²) in [5.41, 5.74) is 4.13. The largest absolute Gasteiger partial charge is 0.353 e. The lowest BCUT2D eigenvalue weighted by Gasteiger charge is -2.18. The summed E-state index contributed by atoms with van der Waals surface area (Å²) in [5.74, 6) is 0. The van der Waals surface area contributed by atoms with Crippen LogP contribution in [0.15, 0.2) is 22.1 Å². The van der Waals surface area contributed by atoms with Gasteiger partial charge in [0.1, 0.15) is 6.04 Å². The molecule has 16 heavy (non-hydrogen) atoms. The standard InChI is InChI=1S/C12H16N2S.ClH/c1-4-10-5-13-7-14-11(10)12-9(3)8(2)6-15-12;/h5-7,11H,4H2,1-3H3,(H,13,14);1H. The van der Waals surface area contributed by atoms with Crippen molar-refractivity contribution in [1.29, 1.82) is 0 Å². The molecule has 0 fully saturated rings. The molecular weight excluding hydrogens is 240 g/mol. The van der Waals surface area contributed by atoms with Crippen molar-refractivity contribution in [3.8, 4) is 0 Å². The third-order valence-corrected chi connectivity index (χ3v) is 4.15. The number of halogens is 1. The van der Waals surface area contributed by atoms with Gasteiger partial charge in [-0.05, 0) is 42.3 Å². The quantitative estimate of drug-likeness (QED) is 0.856. The van der Waals surface area contributed by atoms with Crippen molar-refractivity contribution in [1.82, 2.24) is 5.32 Å². The predicted octanol–water partition coefficient (Wildman–Crippen LogP) is 3.75. The topological polar surface area (TPSA) is 24.4 Å². The SMILES string of the molecule is CCC1=CNC=NC1c1scc(C)c1C.Cl. The maximum Gasteiger partial charge on any atom is 0.109 e. The molecule has 4 heteroatoms. The predicted molar refractivity (Wildman–Crippen MR) is 73.8 cm³/mol. The number of thiophene rings is 1. The van der Waals surface area contributed by atoms with Gasteiger partial charge in [0.05, 0.1) is 6.34 Å². The van der Waals surface area contributed by atoms with Gasteiger partial charge in [-0.15, -0.1) is 23.7 Å². The summed E-state index contributed by atoms with van der Waals surface area (Å²) in [6.45, 7) is 6.53. The fraction of sp³-hybridized carbons (Fsp3) is 0.417. The summed E-state index contributed by atoms with van der Waals surface area (Å²) in [6, 6.07) is 0.245. The molecule has 0 saturated carbocycles. The Morgan fingerprint density at radius 1 is 1.44 bits per heavy atom. The number of nitrogens with zero attached hydrogens (tertiary/aromatic N) is 1. The van der Waals surface area contributed by atoms with Gasteiger partial charge in [0, 0.05) is 11.1 Å². The van der Waals surface area contributed by atoms with Crippen LogP contribution in [-0.4, -0.2) is 6.34 Å². The summed E-state index contributed by atoms with van der Waals surface area (Å²) in [7, 11) is 0. The summed E-state index contributed by atoms with van der Waals surface area (Å²) < 4.78 is 0. The van der Waals surface area contributed by atoms with Crippen LogP contribution >= 0.6 is 23.7 Å². The molecule has 0 saturated heterocycles. The Morgan fingerprint density at radius 2 is 2.19 bits per heavy atom. The van der Waals surface area contributed by atoms with Crippen LogP contribution in [0.3, 0.4) is 0 Å². The number of hydrogen-bond donors (Lipinski definition) is 1. The third kappa shape index (κ3) is 2.30. The molecule has 0 bridgehead atoms. The van der Waals surface area contributed by atoms with E-state index in [0.29, 0.717) is 0 Å². The number of nitrogens with one attached hydrogen (secondary N) is 1. The van der Waals surface area contributed by atoms with E-state index in [0.717, 1.165) is 6.42 Å². The number of hydrogen-bond acceptors (Lipinski definition) is 3. The van der Waals surface area contributed by atoms with Crippen molar-refractivity contribution in [2.75, 3.05) is 0 Å². The van der Waals surface area contributed by atoms with Crippen molar-refractivity contribution >= 4 is 30.1 Å². The minimum atomic E-state index is 0. The molecule has 0 aliphatic carbocycles. The zero-order chi connectivity index (χ0) is 10.8. The first-order chi connectivity index (χ1) is 7.24. The van der Waals surface area contributed by atoms with Crippen molar-refractivity contribution in [2.45, 2.75) is 33.2 Å². The highest BCUT2D eigenvalue weighted by atomic mass is 35.5. The summed E-state index contributed by atoms with van der Waals surface area (Å²) in [6.07, 6.45) is 4.91. The average molecular weight is 257 g/mol. The molecule has 0 radical (unpaired) electrons. The Morgan fingerprint density at radius 3 is 2.75 bits per heavy atom. The Kier molecular flexibility index (Phi) is 4.56. The van der Waals surface area contributed by atoms with Gasteiger partial charge in [-0.1, -0.05) is 6.92 Å². The molecule has 1 atom stereocenters. The highest BCUT2D eigenvalue weighted by molar-refractivity contribution is 7.10. The number of rotatable bonds is 2. The molecule has 2 nitrogen and oxygen atoms in total. The average Bonchev–Trinajstić information content (AvgIpc) is 2.60. The van der Waals surface area contributed by atoms with Crippen molar-refractivity contribution in [2.24, 2.45) is 4.99 Å². The van der Waals surface area contributed by atoms with Crippen LogP contribution in [0.1, 0.15) is 35.4 Å². The summed E-state index contributed by atoms with van der Waals surface area (Å²) >= 11 is 1.82. The second-order valence-corrected chi connectivity index (χ2v) is 4.74. The fourth-order valence-corrected chi connectivity index (χ4v) is 2.92. The second kappa shape index (κ2) is 5.51. The van der Waals surface area contributed by atoms with Gasteiger partial charge in [-0.3, -0.25) is 4.99 Å². The first-order valence-electron chi connectivity index (χ1n) is 5.25. The summed E-state index contributed by atoms with van der Waals surface area (Å²) in [4.78, 5) is 5.92. The number of aryl methyl sites for hydroxylation is 1. The molecule has 2 heterocycles. The molecule has 1 aromatic heterocycles. The Bertz CT molecular complexity index is 421.